The van der Waals surface area contributed by atoms with Crippen molar-refractivity contribution < 1.29 is 4.42 Å². The molecule has 3 aromatic heterocycles. The second-order valence-corrected chi connectivity index (χ2v) is 24.8. The first-order chi connectivity index (χ1) is 32.4. The molecule has 0 spiro atoms. The smallest absolute Gasteiger partial charge is 0.333 e. The number of rotatable bonds is 1. The minimum Gasteiger partial charge on any atom is -0.456 e. The number of furan rings is 1. The van der Waals surface area contributed by atoms with Crippen LogP contribution in [-0.4, -0.2) is 11.4 Å². The van der Waals surface area contributed by atoms with Gasteiger partial charge < -0.3 is 13.8 Å². The van der Waals surface area contributed by atoms with Gasteiger partial charge in [-0.2, -0.15) is 0 Å². The van der Waals surface area contributed by atoms with E-state index in [0.29, 0.717) is 0 Å². The maximum atomic E-state index is 6.85. The zero-order valence-electron chi connectivity index (χ0n) is 41.0. The maximum Gasteiger partial charge on any atom is 0.333 e. The van der Waals surface area contributed by atoms with Crippen molar-refractivity contribution in [3.63, 3.8) is 0 Å². The molecule has 0 radical (unpaired) electrons. The van der Waals surface area contributed by atoms with Crippen molar-refractivity contribution in [2.24, 2.45) is 0 Å². The zero-order chi connectivity index (χ0) is 46.7. The molecule has 0 amide bonds. The highest BCUT2D eigenvalue weighted by atomic mass is 32.1. The highest BCUT2D eigenvalue weighted by Crippen LogP contribution is 2.58. The summed E-state index contributed by atoms with van der Waals surface area (Å²) in [5.74, 6) is 0. The van der Waals surface area contributed by atoms with Gasteiger partial charge in [0.1, 0.15) is 11.2 Å². The van der Waals surface area contributed by atoms with Crippen molar-refractivity contribution in [2.75, 3.05) is 4.81 Å². The summed E-state index contributed by atoms with van der Waals surface area (Å²) in [6, 6.07) is 51.9. The van der Waals surface area contributed by atoms with Crippen LogP contribution in [0.15, 0.2) is 138 Å². The summed E-state index contributed by atoms with van der Waals surface area (Å²) in [4.78, 5) is 2.72. The number of aromatic nitrogens is 1. The van der Waals surface area contributed by atoms with Gasteiger partial charge >= 0.3 is 6.85 Å². The molecule has 14 rings (SSSR count). The number of benzene rings is 8. The molecule has 0 atom stereocenters. The Labute approximate surface area is 403 Å². The number of fused-ring (bicyclic) bond motifs is 19. The van der Waals surface area contributed by atoms with Gasteiger partial charge in [0.05, 0.1) is 11.0 Å². The van der Waals surface area contributed by atoms with Crippen molar-refractivity contribution in [1.82, 2.24) is 4.57 Å². The van der Waals surface area contributed by atoms with E-state index >= 15 is 0 Å². The van der Waals surface area contributed by atoms with Crippen LogP contribution in [0.5, 0.6) is 0 Å². The van der Waals surface area contributed by atoms with E-state index in [-0.39, 0.29) is 28.5 Å². The topological polar surface area (TPSA) is 21.3 Å². The van der Waals surface area contributed by atoms with Gasteiger partial charge in [0.2, 0.25) is 0 Å². The van der Waals surface area contributed by atoms with Gasteiger partial charge in [0.25, 0.3) is 0 Å². The van der Waals surface area contributed by atoms with E-state index in [1.165, 1.54) is 120 Å². The third-order valence-corrected chi connectivity index (χ3v) is 17.4. The van der Waals surface area contributed by atoms with Crippen molar-refractivity contribution in [2.45, 2.75) is 97.8 Å². The Balaban J connectivity index is 1.21. The number of anilines is 2. The standard InChI is InChI=1S/C63H55BN2OS/c1-60(2,3)34-20-24-37(25-21-34)66-49-31-41-38-26-22-36(62(7,8)9)29-45(38)63(10,11)46(41)30-44(49)54-55-40-17-13-15-19-53(40)68-59(55)56-43-28-35(61(4,5)6)23-27-48(43)65-50-32-42-39-16-12-14-18-51(39)67-52(42)33-47(50)64(66)57(54)58(56)65/h12-33H,1-11H3. The Hall–Kier alpha value is -6.56. The largest absolute Gasteiger partial charge is 0.456 e. The molecule has 5 heterocycles. The summed E-state index contributed by atoms with van der Waals surface area (Å²) in [6.07, 6.45) is 0. The number of thiophene rings is 1. The molecule has 332 valence electrons. The highest BCUT2D eigenvalue weighted by molar-refractivity contribution is 7.27. The SMILES string of the molecule is CC(C)(C)c1ccc(N2B3c4cc5oc6ccccc6c5cc4-n4c5ccc(C(C)(C)C)cc5c5c6sc7ccccc7c6c(c3c54)-c3cc4c(cc32)-c2ccc(C(C)(C)C)cc2C4(C)C)cc1. The summed E-state index contributed by atoms with van der Waals surface area (Å²) in [6.45, 7) is 25.7. The minimum absolute atomic E-state index is 0.0158. The second-order valence-electron chi connectivity index (χ2n) is 23.8. The summed E-state index contributed by atoms with van der Waals surface area (Å²) in [7, 11) is 0. The lowest BCUT2D eigenvalue weighted by molar-refractivity contribution is 0.584. The first kappa shape index (κ1) is 40.5. The van der Waals surface area contributed by atoms with Crippen molar-refractivity contribution >= 4 is 104 Å². The Morgan fingerprint density at radius 1 is 0.529 bits per heavy atom. The molecule has 5 heteroatoms. The van der Waals surface area contributed by atoms with Crippen LogP contribution in [0.4, 0.5) is 11.4 Å². The fraction of sp³-hybridized carbons (Fsp3) is 0.238. The highest BCUT2D eigenvalue weighted by Gasteiger charge is 2.48. The molecule has 2 aliphatic heterocycles. The predicted molar refractivity (Wildman–Crippen MR) is 294 cm³/mol. The van der Waals surface area contributed by atoms with Gasteiger partial charge in [-0.25, -0.2) is 0 Å². The molecule has 8 aromatic carbocycles. The molecule has 0 fully saturated rings. The minimum atomic E-state index is -0.202. The Kier molecular flexibility index (Phi) is 7.71. The molecule has 0 saturated heterocycles. The van der Waals surface area contributed by atoms with E-state index < -0.39 is 0 Å². The van der Waals surface area contributed by atoms with Crippen LogP contribution in [-0.2, 0) is 21.7 Å². The van der Waals surface area contributed by atoms with E-state index in [1.807, 2.05) is 11.3 Å². The Bertz CT molecular complexity index is 4060. The van der Waals surface area contributed by atoms with E-state index in [4.69, 9.17) is 4.42 Å². The first-order valence-electron chi connectivity index (χ1n) is 24.5. The summed E-state index contributed by atoms with van der Waals surface area (Å²) >= 11 is 1.97. The molecule has 3 nitrogen and oxygen atoms in total. The Morgan fingerprint density at radius 2 is 1.19 bits per heavy atom. The molecular weight excluding hydrogens is 844 g/mol. The lowest BCUT2D eigenvalue weighted by atomic mass is 9.43. The molecule has 11 aromatic rings. The fourth-order valence-corrected chi connectivity index (χ4v) is 13.8. The molecule has 1 aliphatic carbocycles. The van der Waals surface area contributed by atoms with Crippen LogP contribution in [0.2, 0.25) is 0 Å². The molecule has 68 heavy (non-hydrogen) atoms. The third-order valence-electron chi connectivity index (χ3n) is 16.2. The average molecular weight is 899 g/mol. The second kappa shape index (κ2) is 12.9. The summed E-state index contributed by atoms with van der Waals surface area (Å²) in [5.41, 5.74) is 22.8. The number of hydrogen-bond acceptors (Lipinski definition) is 3. The van der Waals surface area contributed by atoms with Gasteiger partial charge in [-0.05, 0) is 132 Å². The fourth-order valence-electron chi connectivity index (χ4n) is 12.6. The van der Waals surface area contributed by atoms with Gasteiger partial charge in [0, 0.05) is 69.8 Å². The summed E-state index contributed by atoms with van der Waals surface area (Å²) in [5, 5.41) is 7.69. The molecule has 0 bridgehead atoms. The van der Waals surface area contributed by atoms with Crippen LogP contribution in [0.25, 0.3) is 91.9 Å². The Morgan fingerprint density at radius 3 is 1.94 bits per heavy atom. The monoisotopic (exact) mass is 898 g/mol. The van der Waals surface area contributed by atoms with Gasteiger partial charge in [-0.1, -0.05) is 149 Å². The normalized spacial score (nSPS) is 15.0. The summed E-state index contributed by atoms with van der Waals surface area (Å²) < 4.78 is 12.2. The molecule has 0 N–H and O–H groups in total. The quantitative estimate of drug-likeness (QED) is 0.153. The average Bonchev–Trinajstić information content (AvgIpc) is 4.03. The van der Waals surface area contributed by atoms with E-state index in [0.717, 1.165) is 21.9 Å². The number of hydrogen-bond donors (Lipinski definition) is 0. The third kappa shape index (κ3) is 5.21. The van der Waals surface area contributed by atoms with Crippen LogP contribution < -0.4 is 15.7 Å². The molecule has 0 saturated carbocycles. The van der Waals surface area contributed by atoms with Crippen LogP contribution in [0, 0.1) is 0 Å². The molecule has 3 aliphatic rings. The van der Waals surface area contributed by atoms with Crippen LogP contribution in [0.3, 0.4) is 0 Å². The van der Waals surface area contributed by atoms with E-state index in [9.17, 15) is 0 Å². The molecular formula is C63H55BN2OS. The first-order valence-corrected chi connectivity index (χ1v) is 25.3. The van der Waals surface area contributed by atoms with E-state index in [1.54, 1.807) is 0 Å². The van der Waals surface area contributed by atoms with Crippen molar-refractivity contribution in [3.8, 4) is 27.9 Å². The lowest BCUT2D eigenvalue weighted by Crippen LogP contribution is -2.60. The van der Waals surface area contributed by atoms with Gasteiger partial charge in [-0.3, -0.25) is 0 Å². The van der Waals surface area contributed by atoms with E-state index in [2.05, 4.69) is 219 Å². The predicted octanol–water partition coefficient (Wildman–Crippen LogP) is 16.5. The zero-order valence-corrected chi connectivity index (χ0v) is 41.8. The van der Waals surface area contributed by atoms with Crippen LogP contribution in [0.1, 0.15) is 104 Å². The lowest BCUT2D eigenvalue weighted by Gasteiger charge is -2.43. The maximum absolute atomic E-state index is 6.85. The molecule has 0 unspecified atom stereocenters. The van der Waals surface area contributed by atoms with Crippen molar-refractivity contribution in [3.05, 3.63) is 161 Å². The van der Waals surface area contributed by atoms with Crippen molar-refractivity contribution in [1.29, 1.82) is 0 Å². The van der Waals surface area contributed by atoms with Crippen LogP contribution >= 0.6 is 11.3 Å². The number of nitrogens with zero attached hydrogens (tertiary/aromatic N) is 2. The van der Waals surface area contributed by atoms with Gasteiger partial charge in [-0.15, -0.1) is 11.3 Å². The number of para-hydroxylation sites is 1. The van der Waals surface area contributed by atoms with Gasteiger partial charge in [0.15, 0.2) is 0 Å².